The summed E-state index contributed by atoms with van der Waals surface area (Å²) >= 11 is 1.46. The molecule has 0 radical (unpaired) electrons. The van der Waals surface area contributed by atoms with Crippen LogP contribution in [0.4, 0.5) is 5.69 Å². The fourth-order valence-corrected chi connectivity index (χ4v) is 3.22. The summed E-state index contributed by atoms with van der Waals surface area (Å²) in [5.41, 5.74) is 0.678. The predicted octanol–water partition coefficient (Wildman–Crippen LogP) is 2.33. The van der Waals surface area contributed by atoms with Gasteiger partial charge >= 0.3 is 0 Å². The van der Waals surface area contributed by atoms with E-state index in [1.165, 1.54) is 17.4 Å². The first-order chi connectivity index (χ1) is 10.6. The minimum absolute atomic E-state index is 0.0641. The Morgan fingerprint density at radius 2 is 1.91 bits per heavy atom. The summed E-state index contributed by atoms with van der Waals surface area (Å²) in [7, 11) is 0. The number of rotatable bonds is 7. The van der Waals surface area contributed by atoms with Gasteiger partial charge < -0.3 is 15.5 Å². The van der Waals surface area contributed by atoms with E-state index in [9.17, 15) is 10.1 Å². The fraction of sp³-hybridized carbons (Fsp3) is 0.333. The Morgan fingerprint density at radius 1 is 1.23 bits per heavy atom. The van der Waals surface area contributed by atoms with Crippen LogP contribution in [-0.4, -0.2) is 34.4 Å². The molecule has 0 aliphatic heterocycles. The van der Waals surface area contributed by atoms with Crippen molar-refractivity contribution in [2.45, 2.75) is 19.0 Å². The molecule has 0 aliphatic carbocycles. The number of nitrogens with zero attached hydrogens (tertiary/aromatic N) is 1. The predicted molar refractivity (Wildman–Crippen MR) is 85.9 cm³/mol. The lowest BCUT2D eigenvalue weighted by molar-refractivity contribution is -0.384. The Hall–Kier alpha value is -1.80. The lowest BCUT2D eigenvalue weighted by Crippen LogP contribution is -2.37. The van der Waals surface area contributed by atoms with Crippen LogP contribution in [-0.2, 0) is 0 Å². The van der Waals surface area contributed by atoms with Crippen molar-refractivity contribution < 1.29 is 15.1 Å². The van der Waals surface area contributed by atoms with E-state index >= 15 is 0 Å². The summed E-state index contributed by atoms with van der Waals surface area (Å²) < 4.78 is 0. The Kier molecular flexibility index (Phi) is 5.62. The third-order valence-electron chi connectivity index (χ3n) is 3.35. The molecule has 6 nitrogen and oxygen atoms in total. The van der Waals surface area contributed by atoms with Gasteiger partial charge in [0.2, 0.25) is 0 Å². The molecule has 2 aromatic rings. The molecule has 0 fully saturated rings. The molecule has 0 spiro atoms. The molecule has 0 saturated carbocycles. The first-order valence-corrected chi connectivity index (χ1v) is 7.69. The third kappa shape index (κ3) is 3.69. The number of aliphatic hydroxyl groups is 2. The molecule has 1 aromatic heterocycles. The van der Waals surface area contributed by atoms with Gasteiger partial charge in [-0.15, -0.1) is 11.3 Å². The molecule has 0 unspecified atom stereocenters. The van der Waals surface area contributed by atoms with Crippen molar-refractivity contribution in [1.29, 1.82) is 0 Å². The molecular formula is C15H18N2O4S. The van der Waals surface area contributed by atoms with Gasteiger partial charge in [-0.2, -0.15) is 0 Å². The summed E-state index contributed by atoms with van der Waals surface area (Å²) in [5, 5.41) is 32.4. The van der Waals surface area contributed by atoms with E-state index in [-0.39, 0.29) is 35.9 Å². The molecule has 3 N–H and O–H groups in total. The van der Waals surface area contributed by atoms with Crippen LogP contribution in [0.25, 0.3) is 10.4 Å². The number of nitro benzene ring substituents is 1. The maximum atomic E-state index is 11.1. The van der Waals surface area contributed by atoms with E-state index in [4.69, 9.17) is 10.2 Å². The Balaban J connectivity index is 2.23. The summed E-state index contributed by atoms with van der Waals surface area (Å²) in [6.45, 7) is 1.62. The molecule has 118 valence electrons. The number of hydrogen-bond acceptors (Lipinski definition) is 6. The minimum Gasteiger partial charge on any atom is -0.395 e. The van der Waals surface area contributed by atoms with Crippen molar-refractivity contribution in [1.82, 2.24) is 5.32 Å². The van der Waals surface area contributed by atoms with E-state index in [0.29, 0.717) is 5.56 Å². The van der Waals surface area contributed by atoms with Gasteiger partial charge in [-0.05, 0) is 25.1 Å². The number of nitro groups is 1. The standard InChI is InChI=1S/C15H18N2O4S/c1-10(16-11(8-18)9-19)14-6-7-15(22-14)12-4-2-3-5-13(12)17(20)21/h2-7,10-11,16,18-19H,8-9H2,1H3/t10-/m0/s1. The van der Waals surface area contributed by atoms with Gasteiger partial charge in [0.15, 0.2) is 0 Å². The Morgan fingerprint density at radius 3 is 2.55 bits per heavy atom. The first kappa shape index (κ1) is 16.6. The van der Waals surface area contributed by atoms with Gasteiger partial charge in [0.05, 0.1) is 29.7 Å². The second-order valence-corrected chi connectivity index (χ2v) is 6.04. The number of nitrogens with one attached hydrogen (secondary N) is 1. The van der Waals surface area contributed by atoms with Crippen LogP contribution in [0, 0.1) is 10.1 Å². The smallest absolute Gasteiger partial charge is 0.278 e. The molecule has 0 saturated heterocycles. The van der Waals surface area contributed by atoms with Crippen molar-refractivity contribution in [2.75, 3.05) is 13.2 Å². The van der Waals surface area contributed by atoms with Crippen molar-refractivity contribution in [3.8, 4) is 10.4 Å². The monoisotopic (exact) mass is 322 g/mol. The highest BCUT2D eigenvalue weighted by Gasteiger charge is 2.18. The molecule has 7 heteroatoms. The average molecular weight is 322 g/mol. The summed E-state index contributed by atoms with van der Waals surface area (Å²) in [4.78, 5) is 12.5. The van der Waals surface area contributed by atoms with Gasteiger partial charge in [0, 0.05) is 21.9 Å². The Labute approximate surface area is 132 Å². The molecule has 1 atom stereocenters. The molecule has 0 aliphatic rings. The quantitative estimate of drug-likeness (QED) is 0.537. The summed E-state index contributed by atoms with van der Waals surface area (Å²) in [6.07, 6.45) is 0. The minimum atomic E-state index is -0.385. The maximum absolute atomic E-state index is 11.1. The summed E-state index contributed by atoms with van der Waals surface area (Å²) in [5.74, 6) is 0. The normalized spacial score (nSPS) is 12.5. The fourth-order valence-electron chi connectivity index (χ4n) is 2.17. The van der Waals surface area contributed by atoms with Crippen LogP contribution >= 0.6 is 11.3 Å². The zero-order valence-electron chi connectivity index (χ0n) is 12.1. The topological polar surface area (TPSA) is 95.6 Å². The zero-order valence-corrected chi connectivity index (χ0v) is 12.9. The SMILES string of the molecule is C[C@H](NC(CO)CO)c1ccc(-c2ccccc2[N+](=O)[O-])s1. The van der Waals surface area contributed by atoms with Crippen LogP contribution in [0.2, 0.25) is 0 Å². The van der Waals surface area contributed by atoms with Crippen LogP contribution in [0.3, 0.4) is 0 Å². The number of thiophene rings is 1. The second kappa shape index (κ2) is 7.46. The molecular weight excluding hydrogens is 304 g/mol. The highest BCUT2D eigenvalue weighted by atomic mass is 32.1. The van der Waals surface area contributed by atoms with E-state index in [1.54, 1.807) is 18.2 Å². The maximum Gasteiger partial charge on any atom is 0.278 e. The highest BCUT2D eigenvalue weighted by molar-refractivity contribution is 7.15. The van der Waals surface area contributed by atoms with E-state index < -0.39 is 0 Å². The number of aliphatic hydroxyl groups excluding tert-OH is 2. The molecule has 1 heterocycles. The van der Waals surface area contributed by atoms with Gasteiger partial charge in [-0.25, -0.2) is 0 Å². The molecule has 0 amide bonds. The van der Waals surface area contributed by atoms with Crippen molar-refractivity contribution in [3.05, 3.63) is 51.4 Å². The molecule has 0 bridgehead atoms. The lowest BCUT2D eigenvalue weighted by Gasteiger charge is -2.18. The van der Waals surface area contributed by atoms with E-state index in [1.807, 2.05) is 19.1 Å². The van der Waals surface area contributed by atoms with Gasteiger partial charge in [0.25, 0.3) is 5.69 Å². The highest BCUT2D eigenvalue weighted by Crippen LogP contribution is 2.36. The molecule has 1 aromatic carbocycles. The van der Waals surface area contributed by atoms with Crippen molar-refractivity contribution >= 4 is 17.0 Å². The number of para-hydroxylation sites is 1. The first-order valence-electron chi connectivity index (χ1n) is 6.88. The average Bonchev–Trinajstić information content (AvgIpc) is 3.02. The largest absolute Gasteiger partial charge is 0.395 e. The van der Waals surface area contributed by atoms with Crippen LogP contribution in [0.5, 0.6) is 0 Å². The Bertz CT molecular complexity index is 640. The van der Waals surface area contributed by atoms with Crippen molar-refractivity contribution in [2.24, 2.45) is 0 Å². The molecule has 22 heavy (non-hydrogen) atoms. The number of hydrogen-bond donors (Lipinski definition) is 3. The summed E-state index contributed by atoms with van der Waals surface area (Å²) in [6, 6.07) is 9.95. The number of benzene rings is 1. The van der Waals surface area contributed by atoms with E-state index in [2.05, 4.69) is 5.32 Å². The molecule has 2 rings (SSSR count). The third-order valence-corrected chi connectivity index (χ3v) is 4.65. The van der Waals surface area contributed by atoms with Crippen molar-refractivity contribution in [3.63, 3.8) is 0 Å². The van der Waals surface area contributed by atoms with Gasteiger partial charge in [-0.3, -0.25) is 10.1 Å². The van der Waals surface area contributed by atoms with E-state index in [0.717, 1.165) is 9.75 Å². The lowest BCUT2D eigenvalue weighted by atomic mass is 10.1. The van der Waals surface area contributed by atoms with Crippen LogP contribution in [0.1, 0.15) is 17.8 Å². The second-order valence-electron chi connectivity index (χ2n) is 4.93. The van der Waals surface area contributed by atoms with Gasteiger partial charge in [-0.1, -0.05) is 12.1 Å². The zero-order chi connectivity index (χ0) is 16.1. The van der Waals surface area contributed by atoms with Crippen LogP contribution < -0.4 is 5.32 Å². The van der Waals surface area contributed by atoms with Crippen LogP contribution in [0.15, 0.2) is 36.4 Å². The van der Waals surface area contributed by atoms with Gasteiger partial charge in [0.1, 0.15) is 0 Å².